The molecule has 7 heteroatoms. The van der Waals surface area contributed by atoms with Gasteiger partial charge in [-0.25, -0.2) is 4.98 Å². The molecule has 1 amide bonds. The van der Waals surface area contributed by atoms with Crippen LogP contribution in [-0.2, 0) is 4.74 Å². The van der Waals surface area contributed by atoms with Crippen molar-refractivity contribution in [1.29, 1.82) is 0 Å². The second-order valence-electron chi connectivity index (χ2n) is 3.45. The minimum Gasteiger partial charge on any atom is -0.391 e. The van der Waals surface area contributed by atoms with E-state index in [1.807, 2.05) is 0 Å². The third-order valence-electron chi connectivity index (χ3n) is 2.03. The van der Waals surface area contributed by atoms with Gasteiger partial charge < -0.3 is 20.1 Å². The molecular formula is C10H15N3O4. The summed E-state index contributed by atoms with van der Waals surface area (Å²) in [5.74, 6) is -0.397. The van der Waals surface area contributed by atoms with Gasteiger partial charge in [0.15, 0.2) is 0 Å². The Morgan fingerprint density at radius 1 is 1.71 bits per heavy atom. The lowest BCUT2D eigenvalue weighted by molar-refractivity contribution is 0.0587. The van der Waals surface area contributed by atoms with Crippen LogP contribution in [0.5, 0.6) is 0 Å². The molecule has 17 heavy (non-hydrogen) atoms. The highest BCUT2D eigenvalue weighted by molar-refractivity contribution is 5.91. The Labute approximate surface area is 97.8 Å². The summed E-state index contributed by atoms with van der Waals surface area (Å²) >= 11 is 0. The molecule has 0 saturated heterocycles. The van der Waals surface area contributed by atoms with Crippen LogP contribution in [0.15, 0.2) is 17.2 Å². The number of nitrogens with zero attached hydrogens (tertiary/aromatic N) is 1. The van der Waals surface area contributed by atoms with Gasteiger partial charge in [-0.3, -0.25) is 9.59 Å². The van der Waals surface area contributed by atoms with Gasteiger partial charge in [-0.15, -0.1) is 0 Å². The zero-order chi connectivity index (χ0) is 12.7. The summed E-state index contributed by atoms with van der Waals surface area (Å²) < 4.78 is 4.74. The smallest absolute Gasteiger partial charge is 0.271 e. The molecule has 0 aromatic carbocycles. The number of amides is 1. The molecule has 7 nitrogen and oxygen atoms in total. The van der Waals surface area contributed by atoms with Gasteiger partial charge in [-0.05, 0) is 6.42 Å². The zero-order valence-corrected chi connectivity index (χ0v) is 9.47. The standard InChI is InChI=1S/C10H15N3O4/c1-17-6-7(14)2-3-11-10(16)8-4-13-9(15)5-12-8/h4-5,7,14H,2-3,6H2,1H3,(H,11,16)(H,13,15). The molecule has 0 aliphatic carbocycles. The van der Waals surface area contributed by atoms with Gasteiger partial charge in [0, 0.05) is 19.9 Å². The Balaban J connectivity index is 2.35. The molecule has 0 spiro atoms. The fraction of sp³-hybridized carbons (Fsp3) is 0.500. The number of rotatable bonds is 6. The lowest BCUT2D eigenvalue weighted by Crippen LogP contribution is -2.29. The Morgan fingerprint density at radius 3 is 3.06 bits per heavy atom. The summed E-state index contributed by atoms with van der Waals surface area (Å²) in [7, 11) is 1.49. The Bertz CT molecular complexity index is 398. The molecule has 1 rings (SSSR count). The highest BCUT2D eigenvalue weighted by Gasteiger charge is 2.08. The van der Waals surface area contributed by atoms with Crippen LogP contribution in [0, 0.1) is 0 Å². The van der Waals surface area contributed by atoms with Crippen LogP contribution < -0.4 is 10.9 Å². The number of ether oxygens (including phenoxy) is 1. The predicted octanol–water partition coefficient (Wildman–Crippen LogP) is -1.10. The average molecular weight is 241 g/mol. The first kappa shape index (κ1) is 13.3. The van der Waals surface area contributed by atoms with Crippen molar-refractivity contribution in [2.24, 2.45) is 0 Å². The van der Waals surface area contributed by atoms with Gasteiger partial charge >= 0.3 is 0 Å². The second-order valence-corrected chi connectivity index (χ2v) is 3.45. The van der Waals surface area contributed by atoms with E-state index >= 15 is 0 Å². The fourth-order valence-corrected chi connectivity index (χ4v) is 1.18. The highest BCUT2D eigenvalue weighted by atomic mass is 16.5. The summed E-state index contributed by atoms with van der Waals surface area (Å²) in [5.41, 5.74) is -0.233. The first-order chi connectivity index (χ1) is 8.13. The zero-order valence-electron chi connectivity index (χ0n) is 9.47. The quantitative estimate of drug-likeness (QED) is 0.586. The van der Waals surface area contributed by atoms with Crippen LogP contribution in [0.2, 0.25) is 0 Å². The van der Waals surface area contributed by atoms with Crippen LogP contribution in [0.3, 0.4) is 0 Å². The van der Waals surface area contributed by atoms with Gasteiger partial charge in [0.25, 0.3) is 11.5 Å². The van der Waals surface area contributed by atoms with Crippen molar-refractivity contribution in [3.63, 3.8) is 0 Å². The van der Waals surface area contributed by atoms with Gasteiger partial charge in [-0.2, -0.15) is 0 Å². The van der Waals surface area contributed by atoms with E-state index in [1.165, 1.54) is 13.3 Å². The van der Waals surface area contributed by atoms with Crippen LogP contribution in [-0.4, -0.2) is 47.3 Å². The Hall–Kier alpha value is -1.73. The molecule has 1 atom stereocenters. The third-order valence-corrected chi connectivity index (χ3v) is 2.03. The number of methoxy groups -OCH3 is 1. The maximum atomic E-state index is 11.5. The largest absolute Gasteiger partial charge is 0.391 e. The number of H-pyrrole nitrogens is 1. The molecule has 0 aliphatic heterocycles. The van der Waals surface area contributed by atoms with E-state index in [9.17, 15) is 14.7 Å². The molecule has 0 bridgehead atoms. The van der Waals surface area contributed by atoms with E-state index in [-0.39, 0.29) is 17.9 Å². The van der Waals surface area contributed by atoms with Crippen molar-refractivity contribution in [3.05, 3.63) is 28.4 Å². The predicted molar refractivity (Wildman–Crippen MR) is 59.7 cm³/mol. The van der Waals surface area contributed by atoms with E-state index in [4.69, 9.17) is 4.74 Å². The number of nitrogens with one attached hydrogen (secondary N) is 2. The van der Waals surface area contributed by atoms with Crippen molar-refractivity contribution >= 4 is 5.91 Å². The maximum absolute atomic E-state index is 11.5. The number of hydrogen-bond acceptors (Lipinski definition) is 5. The molecule has 1 unspecified atom stereocenters. The van der Waals surface area contributed by atoms with Gasteiger partial charge in [-0.1, -0.05) is 0 Å². The van der Waals surface area contributed by atoms with E-state index in [0.29, 0.717) is 13.0 Å². The summed E-state index contributed by atoms with van der Waals surface area (Å²) in [6, 6.07) is 0. The van der Waals surface area contributed by atoms with E-state index in [0.717, 1.165) is 6.20 Å². The first-order valence-corrected chi connectivity index (χ1v) is 5.13. The Kier molecular flexibility index (Phi) is 5.31. The van der Waals surface area contributed by atoms with E-state index < -0.39 is 12.0 Å². The van der Waals surface area contributed by atoms with Crippen LogP contribution >= 0.6 is 0 Å². The number of aliphatic hydroxyl groups excluding tert-OH is 1. The number of aliphatic hydroxyl groups is 1. The van der Waals surface area contributed by atoms with Crippen molar-refractivity contribution in [2.75, 3.05) is 20.3 Å². The topological polar surface area (TPSA) is 104 Å². The van der Waals surface area contributed by atoms with Crippen molar-refractivity contribution in [3.8, 4) is 0 Å². The maximum Gasteiger partial charge on any atom is 0.271 e. The summed E-state index contributed by atoms with van der Waals surface area (Å²) in [6.45, 7) is 0.539. The molecule has 0 aliphatic rings. The lowest BCUT2D eigenvalue weighted by atomic mass is 10.2. The van der Waals surface area contributed by atoms with E-state index in [1.54, 1.807) is 0 Å². The summed E-state index contributed by atoms with van der Waals surface area (Å²) in [4.78, 5) is 28.2. The second kappa shape index (κ2) is 6.77. The van der Waals surface area contributed by atoms with Crippen molar-refractivity contribution < 1.29 is 14.6 Å². The SMILES string of the molecule is COCC(O)CCNC(=O)c1c[nH]c(=O)cn1. The summed E-state index contributed by atoms with van der Waals surface area (Å²) in [5, 5.41) is 11.9. The minimum absolute atomic E-state index is 0.130. The molecule has 1 heterocycles. The molecule has 0 fully saturated rings. The molecular weight excluding hydrogens is 226 g/mol. The van der Waals surface area contributed by atoms with Crippen LogP contribution in [0.4, 0.5) is 0 Å². The van der Waals surface area contributed by atoms with Crippen LogP contribution in [0.1, 0.15) is 16.9 Å². The number of hydrogen-bond donors (Lipinski definition) is 3. The fourth-order valence-electron chi connectivity index (χ4n) is 1.18. The summed E-state index contributed by atoms with van der Waals surface area (Å²) in [6.07, 6.45) is 2.06. The molecule has 1 aromatic heterocycles. The molecule has 94 valence electrons. The number of aromatic nitrogens is 2. The van der Waals surface area contributed by atoms with Gasteiger partial charge in [0.2, 0.25) is 0 Å². The monoisotopic (exact) mass is 241 g/mol. The first-order valence-electron chi connectivity index (χ1n) is 5.13. The molecule has 3 N–H and O–H groups in total. The normalized spacial score (nSPS) is 12.1. The van der Waals surface area contributed by atoms with E-state index in [2.05, 4.69) is 15.3 Å². The highest BCUT2D eigenvalue weighted by Crippen LogP contribution is 1.92. The van der Waals surface area contributed by atoms with Crippen LogP contribution in [0.25, 0.3) is 0 Å². The molecule has 0 saturated carbocycles. The van der Waals surface area contributed by atoms with Crippen molar-refractivity contribution in [1.82, 2.24) is 15.3 Å². The number of aromatic amines is 1. The van der Waals surface area contributed by atoms with Crippen molar-refractivity contribution in [2.45, 2.75) is 12.5 Å². The number of carbonyl (C=O) groups is 1. The Morgan fingerprint density at radius 2 is 2.47 bits per heavy atom. The minimum atomic E-state index is -0.608. The molecule has 1 aromatic rings. The molecule has 0 radical (unpaired) electrons. The lowest BCUT2D eigenvalue weighted by Gasteiger charge is -2.09. The van der Waals surface area contributed by atoms with Gasteiger partial charge in [0.1, 0.15) is 5.69 Å². The average Bonchev–Trinajstić information content (AvgIpc) is 2.30. The van der Waals surface area contributed by atoms with Gasteiger partial charge in [0.05, 0.1) is 18.9 Å². The number of carbonyl (C=O) groups excluding carboxylic acids is 1. The third kappa shape index (κ3) is 4.75.